The molecule has 0 spiro atoms. The molecule has 0 saturated carbocycles. The zero-order valence-corrected chi connectivity index (χ0v) is 18.0. The average Bonchev–Trinajstić information content (AvgIpc) is 3.34. The van der Waals surface area contributed by atoms with E-state index in [4.69, 9.17) is 9.47 Å². The first-order chi connectivity index (χ1) is 15.3. The molecular formula is C24H26N2O6. The van der Waals surface area contributed by atoms with Crippen molar-refractivity contribution in [1.29, 1.82) is 0 Å². The van der Waals surface area contributed by atoms with Gasteiger partial charge in [0.15, 0.2) is 6.10 Å². The number of nitrogens with one attached hydrogen (secondary N) is 2. The molecule has 8 nitrogen and oxygen atoms in total. The van der Waals surface area contributed by atoms with E-state index in [0.717, 1.165) is 22.3 Å². The van der Waals surface area contributed by atoms with E-state index in [1.54, 1.807) is 0 Å². The van der Waals surface area contributed by atoms with Crippen LogP contribution in [0.2, 0.25) is 0 Å². The molecule has 0 bridgehead atoms. The summed E-state index contributed by atoms with van der Waals surface area (Å²) in [6, 6.07) is 15.4. The Morgan fingerprint density at radius 3 is 2.25 bits per heavy atom. The Morgan fingerprint density at radius 2 is 1.66 bits per heavy atom. The first-order valence-electron chi connectivity index (χ1n) is 10.6. The summed E-state index contributed by atoms with van der Waals surface area (Å²) in [5.41, 5.74) is 3.15. The Kier molecular flexibility index (Phi) is 5.88. The van der Waals surface area contributed by atoms with Crippen molar-refractivity contribution >= 4 is 18.0 Å². The number of fused-ring (bicyclic) bond motifs is 3. The summed E-state index contributed by atoms with van der Waals surface area (Å²) in [4.78, 5) is 36.4. The Hall–Kier alpha value is -3.39. The summed E-state index contributed by atoms with van der Waals surface area (Å²) < 4.78 is 10.7. The maximum absolute atomic E-state index is 12.7. The molecular weight excluding hydrogens is 412 g/mol. The fourth-order valence-electron chi connectivity index (χ4n) is 4.28. The van der Waals surface area contributed by atoms with Gasteiger partial charge in [-0.3, -0.25) is 4.79 Å². The molecule has 4 rings (SSSR count). The number of carboxylic acid groups (broad SMARTS) is 1. The lowest BCUT2D eigenvalue weighted by atomic mass is 9.98. The van der Waals surface area contributed by atoms with Crippen molar-refractivity contribution in [3.63, 3.8) is 0 Å². The molecule has 1 fully saturated rings. The number of amides is 2. The van der Waals surface area contributed by atoms with Gasteiger partial charge < -0.3 is 25.2 Å². The highest BCUT2D eigenvalue weighted by Crippen LogP contribution is 2.44. The Bertz CT molecular complexity index is 1000. The summed E-state index contributed by atoms with van der Waals surface area (Å²) >= 11 is 0. The molecule has 168 valence electrons. The molecule has 1 aliphatic heterocycles. The molecule has 0 radical (unpaired) electrons. The number of aliphatic carboxylic acids is 1. The Balaban J connectivity index is 1.37. The number of carbonyl (C=O) groups excluding carboxylic acids is 2. The molecule has 3 N–H and O–H groups in total. The van der Waals surface area contributed by atoms with Crippen LogP contribution < -0.4 is 10.6 Å². The molecule has 1 saturated heterocycles. The third kappa shape index (κ3) is 4.18. The molecule has 1 heterocycles. The fourth-order valence-corrected chi connectivity index (χ4v) is 4.28. The lowest BCUT2D eigenvalue weighted by Gasteiger charge is -2.27. The summed E-state index contributed by atoms with van der Waals surface area (Å²) in [6.45, 7) is 3.46. The zero-order valence-electron chi connectivity index (χ0n) is 18.0. The van der Waals surface area contributed by atoms with Gasteiger partial charge in [0.1, 0.15) is 12.1 Å². The summed E-state index contributed by atoms with van der Waals surface area (Å²) in [6.07, 6.45) is -1.42. The second-order valence-corrected chi connectivity index (χ2v) is 8.57. The van der Waals surface area contributed by atoms with Crippen LogP contribution in [-0.2, 0) is 19.1 Å². The largest absolute Gasteiger partial charge is 0.479 e. The van der Waals surface area contributed by atoms with Gasteiger partial charge in [-0.05, 0) is 42.5 Å². The number of benzene rings is 2. The van der Waals surface area contributed by atoms with Crippen molar-refractivity contribution in [2.75, 3.05) is 13.2 Å². The Morgan fingerprint density at radius 1 is 1.06 bits per heavy atom. The number of ether oxygens (including phenoxy) is 2. The minimum atomic E-state index is -1.30. The van der Waals surface area contributed by atoms with Crippen LogP contribution in [-0.4, -0.2) is 54.0 Å². The van der Waals surface area contributed by atoms with E-state index >= 15 is 0 Å². The van der Waals surface area contributed by atoms with Crippen LogP contribution >= 0.6 is 0 Å². The molecule has 2 atom stereocenters. The van der Waals surface area contributed by atoms with Crippen molar-refractivity contribution in [2.45, 2.75) is 43.9 Å². The standard InChI is InChI=1S/C24H26N2O6/c1-24(2,22(29)25-19-11-12-31-20(19)21(27)28)26-23(30)32-13-18-16-9-5-3-7-14(16)15-8-4-6-10-17(15)18/h3-10,18-20H,11-13H2,1-2H3,(H,25,29)(H,26,30)(H,27,28)/t19-,20+/m1/s1. The van der Waals surface area contributed by atoms with Gasteiger partial charge in [0.2, 0.25) is 5.91 Å². The second kappa shape index (κ2) is 8.63. The summed E-state index contributed by atoms with van der Waals surface area (Å²) in [5.74, 6) is -1.72. The van der Waals surface area contributed by atoms with Crippen LogP contribution in [0.4, 0.5) is 4.79 Å². The van der Waals surface area contributed by atoms with Gasteiger partial charge in [0, 0.05) is 12.5 Å². The van der Waals surface area contributed by atoms with Crippen LogP contribution in [0.25, 0.3) is 11.1 Å². The van der Waals surface area contributed by atoms with Gasteiger partial charge in [0.25, 0.3) is 0 Å². The molecule has 2 amide bonds. The van der Waals surface area contributed by atoms with E-state index in [0.29, 0.717) is 6.42 Å². The third-order valence-electron chi connectivity index (χ3n) is 5.98. The average molecular weight is 438 g/mol. The molecule has 1 aliphatic carbocycles. The van der Waals surface area contributed by atoms with Gasteiger partial charge in [-0.15, -0.1) is 0 Å². The van der Waals surface area contributed by atoms with Gasteiger partial charge in [-0.2, -0.15) is 0 Å². The number of hydrogen-bond acceptors (Lipinski definition) is 5. The lowest BCUT2D eigenvalue weighted by molar-refractivity contribution is -0.148. The molecule has 0 aromatic heterocycles. The van der Waals surface area contributed by atoms with Crippen LogP contribution in [0, 0.1) is 0 Å². The highest BCUT2D eigenvalue weighted by molar-refractivity contribution is 5.90. The first kappa shape index (κ1) is 21.8. The van der Waals surface area contributed by atoms with Crippen LogP contribution in [0.15, 0.2) is 48.5 Å². The topological polar surface area (TPSA) is 114 Å². The van der Waals surface area contributed by atoms with Gasteiger partial charge in [0.05, 0.1) is 6.04 Å². The van der Waals surface area contributed by atoms with Crippen LogP contribution in [0.3, 0.4) is 0 Å². The lowest BCUT2D eigenvalue weighted by Crippen LogP contribution is -2.58. The molecule has 2 aromatic carbocycles. The second-order valence-electron chi connectivity index (χ2n) is 8.57. The monoisotopic (exact) mass is 438 g/mol. The number of rotatable bonds is 6. The number of carbonyl (C=O) groups is 3. The summed E-state index contributed by atoms with van der Waals surface area (Å²) in [7, 11) is 0. The van der Waals surface area contributed by atoms with Crippen molar-refractivity contribution < 1.29 is 29.0 Å². The zero-order chi connectivity index (χ0) is 22.9. The molecule has 0 unspecified atom stereocenters. The van der Waals surface area contributed by atoms with Crippen molar-refractivity contribution in [2.24, 2.45) is 0 Å². The van der Waals surface area contributed by atoms with Gasteiger partial charge >= 0.3 is 12.1 Å². The van der Waals surface area contributed by atoms with E-state index in [1.807, 2.05) is 36.4 Å². The number of carboxylic acids is 1. The van der Waals surface area contributed by atoms with E-state index in [9.17, 15) is 19.5 Å². The van der Waals surface area contributed by atoms with Crippen molar-refractivity contribution in [3.8, 4) is 11.1 Å². The maximum atomic E-state index is 12.7. The maximum Gasteiger partial charge on any atom is 0.408 e. The number of hydrogen-bond donors (Lipinski definition) is 3. The predicted octanol–water partition coefficient (Wildman–Crippen LogP) is 2.66. The highest BCUT2D eigenvalue weighted by Gasteiger charge is 2.39. The minimum absolute atomic E-state index is 0.0861. The smallest absolute Gasteiger partial charge is 0.408 e. The van der Waals surface area contributed by atoms with Crippen LogP contribution in [0.1, 0.15) is 37.3 Å². The van der Waals surface area contributed by atoms with Gasteiger partial charge in [-0.25, -0.2) is 9.59 Å². The molecule has 2 aromatic rings. The summed E-state index contributed by atoms with van der Waals surface area (Å²) in [5, 5.41) is 14.4. The molecule has 8 heteroatoms. The van der Waals surface area contributed by atoms with Crippen LogP contribution in [0.5, 0.6) is 0 Å². The van der Waals surface area contributed by atoms with Crippen molar-refractivity contribution in [3.05, 3.63) is 59.7 Å². The van der Waals surface area contributed by atoms with E-state index in [2.05, 4.69) is 22.8 Å². The first-order valence-corrected chi connectivity index (χ1v) is 10.6. The minimum Gasteiger partial charge on any atom is -0.479 e. The molecule has 2 aliphatic rings. The molecule has 32 heavy (non-hydrogen) atoms. The predicted molar refractivity (Wildman–Crippen MR) is 116 cm³/mol. The highest BCUT2D eigenvalue weighted by atomic mass is 16.5. The Labute approximate surface area is 185 Å². The van der Waals surface area contributed by atoms with Gasteiger partial charge in [-0.1, -0.05) is 48.5 Å². The fraction of sp³-hybridized carbons (Fsp3) is 0.375. The quantitative estimate of drug-likeness (QED) is 0.639. The SMILES string of the molecule is CC(C)(NC(=O)OCC1c2ccccc2-c2ccccc21)C(=O)N[C@@H]1CCO[C@@H]1C(=O)O. The normalized spacial score (nSPS) is 19.7. The van der Waals surface area contributed by atoms with E-state index in [-0.39, 0.29) is 19.1 Å². The van der Waals surface area contributed by atoms with E-state index in [1.165, 1.54) is 13.8 Å². The van der Waals surface area contributed by atoms with Crippen molar-refractivity contribution in [1.82, 2.24) is 10.6 Å². The number of alkyl carbamates (subject to hydrolysis) is 1. The third-order valence-corrected chi connectivity index (χ3v) is 5.98. The van der Waals surface area contributed by atoms with E-state index < -0.39 is 35.7 Å².